The number of hydrogen-bond acceptors (Lipinski definition) is 3. The topological polar surface area (TPSA) is 38.1 Å². The zero-order chi connectivity index (χ0) is 13.2. The van der Waals surface area contributed by atoms with Crippen LogP contribution in [0.4, 0.5) is 5.69 Å². The number of benzene rings is 1. The van der Waals surface area contributed by atoms with Gasteiger partial charge in [0.25, 0.3) is 0 Å². The summed E-state index contributed by atoms with van der Waals surface area (Å²) in [5, 5.41) is 4.60. The van der Waals surface area contributed by atoms with Gasteiger partial charge in [-0.25, -0.2) is 0 Å². The maximum absolute atomic E-state index is 5.76. The first-order valence-corrected chi connectivity index (χ1v) is 6.38. The van der Waals surface area contributed by atoms with E-state index in [-0.39, 0.29) is 0 Å². The number of furan rings is 1. The van der Waals surface area contributed by atoms with Crippen molar-refractivity contribution in [3.63, 3.8) is 0 Å². The van der Waals surface area contributed by atoms with E-state index in [4.69, 9.17) is 4.42 Å². The number of fused-ring (bicyclic) bond motifs is 1. The number of nitrogens with zero attached hydrogens (tertiary/aromatic N) is 1. The summed E-state index contributed by atoms with van der Waals surface area (Å²) in [7, 11) is 0. The van der Waals surface area contributed by atoms with Crippen molar-refractivity contribution in [2.75, 3.05) is 5.32 Å². The Bertz CT molecular complexity index is 716. The van der Waals surface area contributed by atoms with Gasteiger partial charge in [-0.05, 0) is 32.0 Å². The van der Waals surface area contributed by atoms with E-state index < -0.39 is 0 Å². The first-order chi connectivity index (χ1) is 9.25. The molecular formula is C16H16N2O. The lowest BCUT2D eigenvalue weighted by Crippen LogP contribution is -2.02. The van der Waals surface area contributed by atoms with Crippen LogP contribution < -0.4 is 5.32 Å². The molecule has 0 fully saturated rings. The predicted molar refractivity (Wildman–Crippen MR) is 77.3 cm³/mol. The molecule has 0 aliphatic carbocycles. The van der Waals surface area contributed by atoms with Gasteiger partial charge in [0, 0.05) is 23.7 Å². The average Bonchev–Trinajstić information content (AvgIpc) is 2.74. The molecule has 0 atom stereocenters. The minimum Gasteiger partial charge on any atom is -0.461 e. The number of aryl methyl sites for hydroxylation is 2. The molecule has 3 heteroatoms. The van der Waals surface area contributed by atoms with Crippen LogP contribution in [0.15, 0.2) is 47.0 Å². The van der Waals surface area contributed by atoms with Crippen LogP contribution in [0.1, 0.15) is 17.0 Å². The third-order valence-corrected chi connectivity index (χ3v) is 3.36. The van der Waals surface area contributed by atoms with Crippen LogP contribution in [0, 0.1) is 13.8 Å². The molecule has 2 heterocycles. The highest BCUT2D eigenvalue weighted by Crippen LogP contribution is 2.26. The van der Waals surface area contributed by atoms with E-state index in [1.165, 1.54) is 10.9 Å². The van der Waals surface area contributed by atoms with E-state index >= 15 is 0 Å². The highest BCUT2D eigenvalue weighted by atomic mass is 16.3. The van der Waals surface area contributed by atoms with E-state index in [9.17, 15) is 0 Å². The van der Waals surface area contributed by atoms with E-state index in [0.29, 0.717) is 0 Å². The van der Waals surface area contributed by atoms with E-state index in [1.54, 1.807) is 6.20 Å². The Morgan fingerprint density at radius 1 is 1.11 bits per heavy atom. The number of pyridine rings is 1. The van der Waals surface area contributed by atoms with E-state index in [2.05, 4.69) is 16.4 Å². The smallest absolute Gasteiger partial charge is 0.134 e. The highest BCUT2D eigenvalue weighted by Gasteiger charge is 2.10. The number of anilines is 1. The largest absolute Gasteiger partial charge is 0.461 e. The molecule has 0 spiro atoms. The number of hydrogen-bond donors (Lipinski definition) is 1. The quantitative estimate of drug-likeness (QED) is 0.764. The second-order valence-corrected chi connectivity index (χ2v) is 4.62. The van der Waals surface area contributed by atoms with Crippen molar-refractivity contribution >= 4 is 16.7 Å². The van der Waals surface area contributed by atoms with Crippen LogP contribution in [-0.4, -0.2) is 4.98 Å². The molecule has 3 aromatic rings. The zero-order valence-electron chi connectivity index (χ0n) is 11.1. The molecule has 96 valence electrons. The molecule has 0 saturated carbocycles. The molecule has 0 aliphatic rings. The third kappa shape index (κ3) is 2.19. The number of aromatic nitrogens is 1. The zero-order valence-corrected chi connectivity index (χ0v) is 11.1. The minimum absolute atomic E-state index is 0.745. The third-order valence-electron chi connectivity index (χ3n) is 3.36. The molecule has 0 radical (unpaired) electrons. The molecule has 3 rings (SSSR count). The van der Waals surface area contributed by atoms with Crippen LogP contribution in [0.3, 0.4) is 0 Å². The summed E-state index contributed by atoms with van der Waals surface area (Å²) < 4.78 is 5.76. The van der Waals surface area contributed by atoms with Crippen LogP contribution >= 0.6 is 0 Å². The number of para-hydroxylation sites is 1. The lowest BCUT2D eigenvalue weighted by molar-refractivity contribution is 0.573. The fourth-order valence-electron chi connectivity index (χ4n) is 2.30. The van der Waals surface area contributed by atoms with Gasteiger partial charge in [0.05, 0.1) is 11.4 Å². The first-order valence-electron chi connectivity index (χ1n) is 6.38. The molecule has 0 amide bonds. The molecule has 0 bridgehead atoms. The van der Waals surface area contributed by atoms with Crippen molar-refractivity contribution in [3.8, 4) is 0 Å². The normalized spacial score (nSPS) is 10.8. The summed E-state index contributed by atoms with van der Waals surface area (Å²) in [6, 6.07) is 12.1. The van der Waals surface area contributed by atoms with Gasteiger partial charge >= 0.3 is 0 Å². The monoisotopic (exact) mass is 252 g/mol. The lowest BCUT2D eigenvalue weighted by Gasteiger charge is -2.08. The number of rotatable bonds is 3. The van der Waals surface area contributed by atoms with Crippen molar-refractivity contribution in [2.45, 2.75) is 20.4 Å². The van der Waals surface area contributed by atoms with Crippen molar-refractivity contribution in [2.24, 2.45) is 0 Å². The summed E-state index contributed by atoms with van der Waals surface area (Å²) >= 11 is 0. The maximum atomic E-state index is 5.76. The summed E-state index contributed by atoms with van der Waals surface area (Å²) in [6.45, 7) is 4.76. The Kier molecular flexibility index (Phi) is 2.95. The Balaban J connectivity index is 1.90. The van der Waals surface area contributed by atoms with Gasteiger partial charge in [-0.1, -0.05) is 18.2 Å². The van der Waals surface area contributed by atoms with Crippen LogP contribution in [0.25, 0.3) is 11.0 Å². The Labute approximate surface area is 112 Å². The standard InChI is InChI=1S/C16H16N2O/c1-11-15(7-5-9-17-11)18-10-14-12(2)19-16-8-4-3-6-13(14)16/h3-9,18H,10H2,1-2H3. The van der Waals surface area contributed by atoms with Gasteiger partial charge in [0.2, 0.25) is 0 Å². The fourth-order valence-corrected chi connectivity index (χ4v) is 2.30. The van der Waals surface area contributed by atoms with Crippen LogP contribution in [0.5, 0.6) is 0 Å². The molecular weight excluding hydrogens is 236 g/mol. The summed E-state index contributed by atoms with van der Waals surface area (Å²) in [5.74, 6) is 0.968. The average molecular weight is 252 g/mol. The Hall–Kier alpha value is -2.29. The van der Waals surface area contributed by atoms with Gasteiger partial charge in [-0.15, -0.1) is 0 Å². The molecule has 2 aromatic heterocycles. The predicted octanol–water partition coefficient (Wildman–Crippen LogP) is 4.06. The molecule has 0 saturated heterocycles. The molecule has 3 nitrogen and oxygen atoms in total. The number of nitrogens with one attached hydrogen (secondary N) is 1. The van der Waals surface area contributed by atoms with Gasteiger partial charge in [-0.2, -0.15) is 0 Å². The Morgan fingerprint density at radius 2 is 1.95 bits per heavy atom. The van der Waals surface area contributed by atoms with Crippen LogP contribution in [0.2, 0.25) is 0 Å². The summed E-state index contributed by atoms with van der Waals surface area (Å²) in [5.41, 5.74) is 4.22. The van der Waals surface area contributed by atoms with Crippen LogP contribution in [-0.2, 0) is 6.54 Å². The second-order valence-electron chi connectivity index (χ2n) is 4.62. The highest BCUT2D eigenvalue weighted by molar-refractivity contribution is 5.82. The van der Waals surface area contributed by atoms with Crippen molar-refractivity contribution < 1.29 is 4.42 Å². The summed E-state index contributed by atoms with van der Waals surface area (Å²) in [4.78, 5) is 4.28. The van der Waals surface area contributed by atoms with Crippen molar-refractivity contribution in [1.29, 1.82) is 0 Å². The maximum Gasteiger partial charge on any atom is 0.134 e. The molecule has 1 N–H and O–H groups in total. The van der Waals surface area contributed by atoms with Gasteiger partial charge in [0.1, 0.15) is 11.3 Å². The molecule has 1 aromatic carbocycles. The fraction of sp³-hybridized carbons (Fsp3) is 0.188. The lowest BCUT2D eigenvalue weighted by atomic mass is 10.1. The first kappa shape index (κ1) is 11.8. The van der Waals surface area contributed by atoms with Gasteiger partial charge in [-0.3, -0.25) is 4.98 Å². The van der Waals surface area contributed by atoms with Crippen molar-refractivity contribution in [1.82, 2.24) is 4.98 Å². The molecule has 19 heavy (non-hydrogen) atoms. The summed E-state index contributed by atoms with van der Waals surface area (Å²) in [6.07, 6.45) is 1.80. The van der Waals surface area contributed by atoms with Gasteiger partial charge < -0.3 is 9.73 Å². The van der Waals surface area contributed by atoms with E-state index in [1.807, 2.05) is 44.2 Å². The minimum atomic E-state index is 0.745. The van der Waals surface area contributed by atoms with E-state index in [0.717, 1.165) is 29.3 Å². The molecule has 0 aliphatic heterocycles. The van der Waals surface area contributed by atoms with Gasteiger partial charge in [0.15, 0.2) is 0 Å². The second kappa shape index (κ2) is 4.76. The molecule has 0 unspecified atom stereocenters. The van der Waals surface area contributed by atoms with Crippen molar-refractivity contribution in [3.05, 3.63) is 59.6 Å². The Morgan fingerprint density at radius 3 is 2.79 bits per heavy atom. The SMILES string of the molecule is Cc1ncccc1NCc1c(C)oc2ccccc12.